The highest BCUT2D eigenvalue weighted by molar-refractivity contribution is 9.09. The maximum Gasteiger partial charge on any atom is 0.129 e. The van der Waals surface area contributed by atoms with Crippen LogP contribution in [-0.4, -0.2) is 4.83 Å². The quantitative estimate of drug-likeness (QED) is 0.583. The minimum Gasteiger partial charge on any atom is -0.207 e. The molecule has 0 saturated heterocycles. The Morgan fingerprint density at radius 1 is 1.06 bits per heavy atom. The second kappa shape index (κ2) is 7.88. The predicted octanol–water partition coefficient (Wildman–Crippen LogP) is 5.49. The first-order valence-electron chi connectivity index (χ1n) is 6.67. The Morgan fingerprint density at radius 3 is 2.00 bits per heavy atom. The summed E-state index contributed by atoms with van der Waals surface area (Å²) in [5, 5.41) is 0. The lowest BCUT2D eigenvalue weighted by molar-refractivity contribution is 0.420. The van der Waals surface area contributed by atoms with Crippen LogP contribution in [-0.2, 0) is 6.42 Å². The van der Waals surface area contributed by atoms with Gasteiger partial charge in [0, 0.05) is 10.4 Å². The van der Waals surface area contributed by atoms with Gasteiger partial charge in [-0.2, -0.15) is 0 Å². The van der Waals surface area contributed by atoms with Crippen LogP contribution in [0, 0.1) is 17.6 Å². The fourth-order valence-electron chi connectivity index (χ4n) is 2.34. The van der Waals surface area contributed by atoms with Crippen LogP contribution in [0.4, 0.5) is 8.78 Å². The van der Waals surface area contributed by atoms with Gasteiger partial charge in [-0.05, 0) is 37.3 Å². The van der Waals surface area contributed by atoms with Crippen molar-refractivity contribution < 1.29 is 8.78 Å². The van der Waals surface area contributed by atoms with Crippen molar-refractivity contribution in [2.45, 2.75) is 50.8 Å². The lowest BCUT2D eigenvalue weighted by Crippen LogP contribution is -2.18. The third-order valence-corrected chi connectivity index (χ3v) is 4.36. The highest BCUT2D eigenvalue weighted by Gasteiger charge is 2.20. The first kappa shape index (κ1) is 15.6. The third-order valence-electron chi connectivity index (χ3n) is 3.29. The Hall–Kier alpha value is -0.440. The summed E-state index contributed by atoms with van der Waals surface area (Å²) in [6.07, 6.45) is 4.82. The van der Waals surface area contributed by atoms with Gasteiger partial charge in [-0.15, -0.1) is 0 Å². The van der Waals surface area contributed by atoms with Crippen LogP contribution in [0.2, 0.25) is 0 Å². The fraction of sp³-hybridized carbons (Fsp3) is 0.600. The molecular formula is C15H21BrF2. The van der Waals surface area contributed by atoms with Crippen LogP contribution in [0.3, 0.4) is 0 Å². The van der Waals surface area contributed by atoms with Gasteiger partial charge < -0.3 is 0 Å². The zero-order valence-corrected chi connectivity index (χ0v) is 12.6. The molecule has 1 aromatic rings. The van der Waals surface area contributed by atoms with Gasteiger partial charge in [-0.3, -0.25) is 0 Å². The second-order valence-electron chi connectivity index (χ2n) is 4.76. The Labute approximate surface area is 117 Å². The molecule has 0 saturated carbocycles. The van der Waals surface area contributed by atoms with Gasteiger partial charge in [0.1, 0.15) is 11.6 Å². The molecular weight excluding hydrogens is 298 g/mol. The summed E-state index contributed by atoms with van der Waals surface area (Å²) in [6.45, 7) is 4.29. The van der Waals surface area contributed by atoms with E-state index in [1.54, 1.807) is 0 Å². The Balaban J connectivity index is 2.75. The Bertz CT molecular complexity index is 339. The molecule has 0 aromatic heterocycles. The zero-order chi connectivity index (χ0) is 13.5. The monoisotopic (exact) mass is 318 g/mol. The van der Waals surface area contributed by atoms with Gasteiger partial charge in [0.25, 0.3) is 0 Å². The third kappa shape index (κ3) is 4.34. The first-order chi connectivity index (χ1) is 8.60. The van der Waals surface area contributed by atoms with Gasteiger partial charge in [0.2, 0.25) is 0 Å². The van der Waals surface area contributed by atoms with Gasteiger partial charge in [0.05, 0.1) is 0 Å². The fourth-order valence-corrected chi connectivity index (χ4v) is 3.19. The van der Waals surface area contributed by atoms with Crippen LogP contribution >= 0.6 is 15.9 Å². The molecule has 1 atom stereocenters. The molecule has 0 fully saturated rings. The van der Waals surface area contributed by atoms with Crippen molar-refractivity contribution in [1.29, 1.82) is 0 Å². The van der Waals surface area contributed by atoms with E-state index in [0.29, 0.717) is 12.3 Å². The van der Waals surface area contributed by atoms with Gasteiger partial charge in [-0.25, -0.2) is 8.78 Å². The van der Waals surface area contributed by atoms with Crippen LogP contribution in [0.25, 0.3) is 0 Å². The number of rotatable bonds is 7. The van der Waals surface area contributed by atoms with Crippen molar-refractivity contribution >= 4 is 15.9 Å². The second-order valence-corrected chi connectivity index (χ2v) is 5.93. The highest BCUT2D eigenvalue weighted by atomic mass is 79.9. The van der Waals surface area contributed by atoms with Gasteiger partial charge in [0.15, 0.2) is 0 Å². The minimum atomic E-state index is -0.439. The van der Waals surface area contributed by atoms with Gasteiger partial charge in [-0.1, -0.05) is 48.7 Å². The Kier molecular flexibility index (Phi) is 6.83. The SMILES string of the molecule is CCCC(CCC)C(Br)Cc1c(F)cccc1F. The van der Waals surface area contributed by atoms with Crippen LogP contribution in [0.5, 0.6) is 0 Å². The zero-order valence-electron chi connectivity index (χ0n) is 11.1. The van der Waals surface area contributed by atoms with Crippen LogP contribution in [0.15, 0.2) is 18.2 Å². The maximum absolute atomic E-state index is 13.6. The van der Waals surface area contributed by atoms with E-state index >= 15 is 0 Å². The molecule has 3 heteroatoms. The number of hydrogen-bond donors (Lipinski definition) is 0. The summed E-state index contributed by atoms with van der Waals surface area (Å²) in [6, 6.07) is 4.06. The van der Waals surface area contributed by atoms with Crippen molar-refractivity contribution in [3.8, 4) is 0 Å². The van der Waals surface area contributed by atoms with Crippen molar-refractivity contribution in [3.05, 3.63) is 35.4 Å². The summed E-state index contributed by atoms with van der Waals surface area (Å²) in [5.41, 5.74) is 0.205. The first-order valence-corrected chi connectivity index (χ1v) is 7.58. The molecule has 0 nitrogen and oxygen atoms in total. The van der Waals surface area contributed by atoms with Crippen LogP contribution in [0.1, 0.15) is 45.1 Å². The molecule has 0 radical (unpaired) electrons. The van der Waals surface area contributed by atoms with E-state index in [4.69, 9.17) is 0 Å². The normalized spacial score (nSPS) is 13.0. The van der Waals surface area contributed by atoms with E-state index in [0.717, 1.165) is 25.7 Å². The summed E-state index contributed by atoms with van der Waals surface area (Å²) in [7, 11) is 0. The summed E-state index contributed by atoms with van der Waals surface area (Å²) in [5.74, 6) is -0.392. The molecule has 0 aliphatic carbocycles. The van der Waals surface area contributed by atoms with E-state index in [1.165, 1.54) is 18.2 Å². The van der Waals surface area contributed by atoms with E-state index in [2.05, 4.69) is 29.8 Å². The lowest BCUT2D eigenvalue weighted by Gasteiger charge is -2.22. The van der Waals surface area contributed by atoms with Gasteiger partial charge >= 0.3 is 0 Å². The Morgan fingerprint density at radius 2 is 1.56 bits per heavy atom. The topological polar surface area (TPSA) is 0 Å². The molecule has 0 amide bonds. The predicted molar refractivity (Wildman–Crippen MR) is 76.1 cm³/mol. The molecule has 0 bridgehead atoms. The van der Waals surface area contributed by atoms with E-state index in [1.807, 2.05) is 0 Å². The lowest BCUT2D eigenvalue weighted by atomic mass is 9.91. The summed E-state index contributed by atoms with van der Waals surface area (Å²) < 4.78 is 27.2. The van der Waals surface area contributed by atoms with Crippen molar-refractivity contribution in [2.75, 3.05) is 0 Å². The van der Waals surface area contributed by atoms with E-state index < -0.39 is 11.6 Å². The van der Waals surface area contributed by atoms with E-state index in [-0.39, 0.29) is 10.4 Å². The van der Waals surface area contributed by atoms with Crippen molar-refractivity contribution in [1.82, 2.24) is 0 Å². The molecule has 1 aromatic carbocycles. The summed E-state index contributed by atoms with van der Waals surface area (Å²) >= 11 is 3.62. The number of halogens is 3. The average molecular weight is 319 g/mol. The minimum absolute atomic E-state index is 0.142. The van der Waals surface area contributed by atoms with Crippen molar-refractivity contribution in [3.63, 3.8) is 0 Å². The number of hydrogen-bond acceptors (Lipinski definition) is 0. The smallest absolute Gasteiger partial charge is 0.129 e. The molecule has 102 valence electrons. The molecule has 0 spiro atoms. The van der Waals surface area contributed by atoms with Crippen molar-refractivity contribution in [2.24, 2.45) is 5.92 Å². The average Bonchev–Trinajstić information content (AvgIpc) is 2.33. The number of benzene rings is 1. The maximum atomic E-state index is 13.6. The molecule has 18 heavy (non-hydrogen) atoms. The largest absolute Gasteiger partial charge is 0.207 e. The molecule has 1 rings (SSSR count). The molecule has 0 N–H and O–H groups in total. The van der Waals surface area contributed by atoms with Crippen LogP contribution < -0.4 is 0 Å². The highest BCUT2D eigenvalue weighted by Crippen LogP contribution is 2.28. The molecule has 0 aliphatic rings. The van der Waals surface area contributed by atoms with E-state index in [9.17, 15) is 8.78 Å². The molecule has 1 unspecified atom stereocenters. The number of alkyl halides is 1. The standard InChI is InChI=1S/C15H21BrF2/c1-3-6-11(7-4-2)13(16)10-12-14(17)8-5-9-15(12)18/h5,8-9,11,13H,3-4,6-7,10H2,1-2H3. The summed E-state index contributed by atoms with van der Waals surface area (Å²) in [4.78, 5) is 0.142. The molecule has 0 heterocycles. The molecule has 0 aliphatic heterocycles.